The second-order valence-corrected chi connectivity index (χ2v) is 6.84. The van der Waals surface area contributed by atoms with Crippen LogP contribution in [0, 0.1) is 11.8 Å². The smallest absolute Gasteiger partial charge is 0.119 e. The molecule has 3 fully saturated rings. The van der Waals surface area contributed by atoms with Gasteiger partial charge in [-0.3, -0.25) is 4.90 Å². The first kappa shape index (κ1) is 13.6. The van der Waals surface area contributed by atoms with E-state index < -0.39 is 0 Å². The van der Waals surface area contributed by atoms with Crippen molar-refractivity contribution < 1.29 is 9.47 Å². The van der Waals surface area contributed by atoms with E-state index in [1.807, 2.05) is 6.07 Å². The van der Waals surface area contributed by atoms with Gasteiger partial charge < -0.3 is 9.47 Å². The first-order valence-corrected chi connectivity index (χ1v) is 8.42. The van der Waals surface area contributed by atoms with Crippen molar-refractivity contribution in [1.29, 1.82) is 0 Å². The zero-order chi connectivity index (χ0) is 14.1. The maximum atomic E-state index is 6.15. The standard InChI is InChI=1S/C18H25NO2/c1-2-4-17(5-3-1)21-18-10-14-12-19(13-15(14)11-18)16-6-8-20-9-7-16/h1-5,14-16,18H,6-13H2/t14-,15+,18?. The van der Waals surface area contributed by atoms with E-state index in [0.29, 0.717) is 6.10 Å². The summed E-state index contributed by atoms with van der Waals surface area (Å²) < 4.78 is 11.6. The Morgan fingerprint density at radius 1 is 0.952 bits per heavy atom. The van der Waals surface area contributed by atoms with Gasteiger partial charge in [0.15, 0.2) is 0 Å². The van der Waals surface area contributed by atoms with Gasteiger partial charge in [0.2, 0.25) is 0 Å². The van der Waals surface area contributed by atoms with Gasteiger partial charge in [-0.1, -0.05) is 18.2 Å². The highest BCUT2D eigenvalue weighted by Crippen LogP contribution is 2.41. The Bertz CT molecular complexity index is 444. The van der Waals surface area contributed by atoms with E-state index in [0.717, 1.165) is 36.8 Å². The van der Waals surface area contributed by atoms with Gasteiger partial charge >= 0.3 is 0 Å². The summed E-state index contributed by atoms with van der Waals surface area (Å²) >= 11 is 0. The van der Waals surface area contributed by atoms with Crippen LogP contribution >= 0.6 is 0 Å². The Morgan fingerprint density at radius 2 is 1.62 bits per heavy atom. The van der Waals surface area contributed by atoms with Gasteiger partial charge in [-0.05, 0) is 49.7 Å². The van der Waals surface area contributed by atoms with Crippen molar-refractivity contribution in [1.82, 2.24) is 4.90 Å². The molecule has 2 heterocycles. The fraction of sp³-hybridized carbons (Fsp3) is 0.667. The average molecular weight is 287 g/mol. The van der Waals surface area contributed by atoms with Crippen LogP contribution in [0.15, 0.2) is 30.3 Å². The molecule has 1 aromatic rings. The van der Waals surface area contributed by atoms with Gasteiger partial charge in [0.1, 0.15) is 5.75 Å². The molecule has 1 unspecified atom stereocenters. The van der Waals surface area contributed by atoms with Gasteiger partial charge in [-0.25, -0.2) is 0 Å². The van der Waals surface area contributed by atoms with E-state index in [1.54, 1.807) is 0 Å². The van der Waals surface area contributed by atoms with Crippen LogP contribution < -0.4 is 4.74 Å². The third-order valence-electron chi connectivity index (χ3n) is 5.49. The predicted molar refractivity (Wildman–Crippen MR) is 82.5 cm³/mol. The Kier molecular flexibility index (Phi) is 3.87. The fourth-order valence-electron chi connectivity index (χ4n) is 4.42. The van der Waals surface area contributed by atoms with Crippen LogP contribution in [0.2, 0.25) is 0 Å². The molecule has 3 heteroatoms. The molecule has 3 atom stereocenters. The lowest BCUT2D eigenvalue weighted by Gasteiger charge is -2.32. The van der Waals surface area contributed by atoms with Crippen molar-refractivity contribution in [3.8, 4) is 5.75 Å². The summed E-state index contributed by atoms with van der Waals surface area (Å²) in [5.74, 6) is 2.73. The molecule has 0 amide bonds. The number of ether oxygens (including phenoxy) is 2. The molecule has 1 aromatic carbocycles. The van der Waals surface area contributed by atoms with Crippen LogP contribution in [0.1, 0.15) is 25.7 Å². The molecule has 3 aliphatic rings. The maximum Gasteiger partial charge on any atom is 0.119 e. The molecule has 4 rings (SSSR count). The van der Waals surface area contributed by atoms with Gasteiger partial charge in [0, 0.05) is 32.3 Å². The van der Waals surface area contributed by atoms with Gasteiger partial charge in [0.25, 0.3) is 0 Å². The predicted octanol–water partition coefficient (Wildman–Crippen LogP) is 2.95. The average Bonchev–Trinajstić information content (AvgIpc) is 3.07. The molecule has 0 spiro atoms. The van der Waals surface area contributed by atoms with E-state index in [-0.39, 0.29) is 0 Å². The molecule has 0 N–H and O–H groups in total. The van der Waals surface area contributed by atoms with Crippen LogP contribution in [0.3, 0.4) is 0 Å². The van der Waals surface area contributed by atoms with Gasteiger partial charge in [0.05, 0.1) is 6.10 Å². The highest BCUT2D eigenvalue weighted by molar-refractivity contribution is 5.21. The molecule has 3 nitrogen and oxygen atoms in total. The number of benzene rings is 1. The van der Waals surface area contributed by atoms with E-state index in [4.69, 9.17) is 9.47 Å². The maximum absolute atomic E-state index is 6.15. The van der Waals surface area contributed by atoms with Crippen LogP contribution in [-0.4, -0.2) is 43.3 Å². The first-order valence-electron chi connectivity index (χ1n) is 8.42. The minimum absolute atomic E-state index is 0.430. The minimum atomic E-state index is 0.430. The molecule has 21 heavy (non-hydrogen) atoms. The lowest BCUT2D eigenvalue weighted by Crippen LogP contribution is -2.38. The second-order valence-electron chi connectivity index (χ2n) is 6.84. The van der Waals surface area contributed by atoms with E-state index >= 15 is 0 Å². The number of hydrogen-bond donors (Lipinski definition) is 0. The van der Waals surface area contributed by atoms with Crippen LogP contribution in [0.4, 0.5) is 0 Å². The monoisotopic (exact) mass is 287 g/mol. The Labute approximate surface area is 127 Å². The molecular formula is C18H25NO2. The summed E-state index contributed by atoms with van der Waals surface area (Å²) in [4.78, 5) is 2.73. The minimum Gasteiger partial charge on any atom is -0.490 e. The fourth-order valence-corrected chi connectivity index (χ4v) is 4.42. The molecule has 0 radical (unpaired) electrons. The number of likely N-dealkylation sites (tertiary alicyclic amines) is 1. The zero-order valence-corrected chi connectivity index (χ0v) is 12.6. The number of rotatable bonds is 3. The summed E-state index contributed by atoms with van der Waals surface area (Å²) in [6.07, 6.45) is 5.35. The normalized spacial score (nSPS) is 34.0. The van der Waals surface area contributed by atoms with Crippen LogP contribution in [0.5, 0.6) is 5.75 Å². The van der Waals surface area contributed by atoms with Crippen LogP contribution in [0.25, 0.3) is 0 Å². The summed E-state index contributed by atoms with van der Waals surface area (Å²) in [6, 6.07) is 11.1. The van der Waals surface area contributed by atoms with E-state index in [2.05, 4.69) is 29.2 Å². The van der Waals surface area contributed by atoms with Crippen molar-refractivity contribution in [3.05, 3.63) is 30.3 Å². The van der Waals surface area contributed by atoms with E-state index in [1.165, 1.54) is 38.8 Å². The van der Waals surface area contributed by atoms with Crippen molar-refractivity contribution in [3.63, 3.8) is 0 Å². The zero-order valence-electron chi connectivity index (χ0n) is 12.6. The third-order valence-corrected chi connectivity index (χ3v) is 5.49. The topological polar surface area (TPSA) is 21.7 Å². The van der Waals surface area contributed by atoms with Crippen molar-refractivity contribution in [2.75, 3.05) is 26.3 Å². The van der Waals surface area contributed by atoms with Crippen molar-refractivity contribution in [2.24, 2.45) is 11.8 Å². The molecular weight excluding hydrogens is 262 g/mol. The third kappa shape index (κ3) is 2.95. The molecule has 1 saturated carbocycles. The Morgan fingerprint density at radius 3 is 2.29 bits per heavy atom. The quantitative estimate of drug-likeness (QED) is 0.853. The van der Waals surface area contributed by atoms with E-state index in [9.17, 15) is 0 Å². The van der Waals surface area contributed by atoms with Gasteiger partial charge in [-0.2, -0.15) is 0 Å². The van der Waals surface area contributed by atoms with Crippen LogP contribution in [-0.2, 0) is 4.74 Å². The molecule has 2 aliphatic heterocycles. The number of fused-ring (bicyclic) bond motifs is 1. The SMILES string of the molecule is c1ccc(OC2C[C@@H]3CN(C4CCOCC4)C[C@@H]3C2)cc1. The first-order chi connectivity index (χ1) is 10.4. The Balaban J connectivity index is 1.31. The summed E-state index contributed by atoms with van der Waals surface area (Å²) in [5.41, 5.74) is 0. The molecule has 0 bridgehead atoms. The van der Waals surface area contributed by atoms with Gasteiger partial charge in [-0.15, -0.1) is 0 Å². The van der Waals surface area contributed by atoms with Crippen molar-refractivity contribution in [2.45, 2.75) is 37.8 Å². The highest BCUT2D eigenvalue weighted by atomic mass is 16.5. The number of para-hydroxylation sites is 1. The molecule has 114 valence electrons. The largest absolute Gasteiger partial charge is 0.490 e. The van der Waals surface area contributed by atoms with Crippen molar-refractivity contribution >= 4 is 0 Å². The number of hydrogen-bond acceptors (Lipinski definition) is 3. The number of nitrogens with zero attached hydrogens (tertiary/aromatic N) is 1. The summed E-state index contributed by atoms with van der Waals surface area (Å²) in [7, 11) is 0. The Hall–Kier alpha value is -1.06. The molecule has 0 aromatic heterocycles. The highest BCUT2D eigenvalue weighted by Gasteiger charge is 2.43. The lowest BCUT2D eigenvalue weighted by atomic mass is 10.0. The lowest BCUT2D eigenvalue weighted by molar-refractivity contribution is 0.0381. The summed E-state index contributed by atoms with van der Waals surface area (Å²) in [5, 5.41) is 0. The molecule has 1 aliphatic carbocycles. The summed E-state index contributed by atoms with van der Waals surface area (Å²) in [6.45, 7) is 4.47. The molecule has 2 saturated heterocycles. The second kappa shape index (κ2) is 5.98.